The van der Waals surface area contributed by atoms with E-state index in [4.69, 9.17) is 21.1 Å². The lowest BCUT2D eigenvalue weighted by molar-refractivity contribution is 0.102. The number of carbonyl (C=O) groups excluding carboxylic acids is 1. The van der Waals surface area contributed by atoms with Gasteiger partial charge in [0.1, 0.15) is 24.7 Å². The van der Waals surface area contributed by atoms with Gasteiger partial charge < -0.3 is 14.8 Å². The Morgan fingerprint density at radius 3 is 1.96 bits per heavy atom. The molecule has 5 heteroatoms. The average Bonchev–Trinajstić information content (AvgIpc) is 2.68. The predicted molar refractivity (Wildman–Crippen MR) is 103 cm³/mol. The Hall–Kier alpha value is -2.98. The molecular weight excluding hydrogens is 350 g/mol. The summed E-state index contributed by atoms with van der Waals surface area (Å²) >= 11 is 5.83. The van der Waals surface area contributed by atoms with Crippen molar-refractivity contribution in [1.29, 1.82) is 0 Å². The lowest BCUT2D eigenvalue weighted by atomic mass is 10.2. The van der Waals surface area contributed by atoms with Gasteiger partial charge in [-0.05, 0) is 60.7 Å². The fraction of sp³-hybridized carbons (Fsp3) is 0.0952. The Kier molecular flexibility index (Phi) is 6.12. The first kappa shape index (κ1) is 17.8. The van der Waals surface area contributed by atoms with E-state index in [0.717, 1.165) is 5.75 Å². The van der Waals surface area contributed by atoms with Crippen LogP contribution in [0.4, 0.5) is 5.69 Å². The Labute approximate surface area is 157 Å². The average molecular weight is 368 g/mol. The van der Waals surface area contributed by atoms with E-state index >= 15 is 0 Å². The maximum Gasteiger partial charge on any atom is 0.255 e. The van der Waals surface area contributed by atoms with Crippen molar-refractivity contribution in [1.82, 2.24) is 0 Å². The summed E-state index contributed by atoms with van der Waals surface area (Å²) in [7, 11) is 0. The fourth-order valence-corrected chi connectivity index (χ4v) is 2.40. The van der Waals surface area contributed by atoms with Crippen LogP contribution in [0.5, 0.6) is 11.5 Å². The number of carbonyl (C=O) groups is 1. The first-order valence-electron chi connectivity index (χ1n) is 8.18. The zero-order valence-corrected chi connectivity index (χ0v) is 14.8. The second kappa shape index (κ2) is 8.92. The van der Waals surface area contributed by atoms with Gasteiger partial charge in [0.25, 0.3) is 5.91 Å². The zero-order valence-electron chi connectivity index (χ0n) is 14.0. The molecule has 0 fully saturated rings. The summed E-state index contributed by atoms with van der Waals surface area (Å²) < 4.78 is 11.2. The molecule has 1 N–H and O–H groups in total. The van der Waals surface area contributed by atoms with Crippen LogP contribution in [0.25, 0.3) is 0 Å². The van der Waals surface area contributed by atoms with Gasteiger partial charge in [-0.3, -0.25) is 4.79 Å². The summed E-state index contributed by atoms with van der Waals surface area (Å²) in [5.74, 6) is 1.34. The third-order valence-corrected chi connectivity index (χ3v) is 3.83. The minimum atomic E-state index is -0.188. The van der Waals surface area contributed by atoms with Gasteiger partial charge in [0.2, 0.25) is 0 Å². The largest absolute Gasteiger partial charge is 0.490 e. The summed E-state index contributed by atoms with van der Waals surface area (Å²) in [6, 6.07) is 23.5. The number of nitrogens with one attached hydrogen (secondary N) is 1. The Morgan fingerprint density at radius 1 is 0.769 bits per heavy atom. The van der Waals surface area contributed by atoms with Crippen molar-refractivity contribution < 1.29 is 14.3 Å². The standard InChI is InChI=1S/C21H18ClNO3/c22-17-8-6-16(7-9-17)21(24)23-18-10-12-20(13-11-18)26-15-14-25-19-4-2-1-3-5-19/h1-13H,14-15H2,(H,23,24). The summed E-state index contributed by atoms with van der Waals surface area (Å²) in [6.07, 6.45) is 0. The van der Waals surface area contributed by atoms with Gasteiger partial charge in [0.05, 0.1) is 0 Å². The monoisotopic (exact) mass is 367 g/mol. The molecule has 0 unspecified atom stereocenters. The molecule has 3 rings (SSSR count). The van der Waals surface area contributed by atoms with E-state index in [1.54, 1.807) is 48.5 Å². The first-order chi connectivity index (χ1) is 12.7. The van der Waals surface area contributed by atoms with Crippen molar-refractivity contribution in [3.05, 3.63) is 89.4 Å². The number of ether oxygens (including phenoxy) is 2. The maximum absolute atomic E-state index is 12.2. The number of para-hydroxylation sites is 1. The van der Waals surface area contributed by atoms with E-state index in [1.165, 1.54) is 0 Å². The number of hydrogen-bond donors (Lipinski definition) is 1. The smallest absolute Gasteiger partial charge is 0.255 e. The van der Waals surface area contributed by atoms with Crippen molar-refractivity contribution in [3.63, 3.8) is 0 Å². The van der Waals surface area contributed by atoms with Gasteiger partial charge in [0.15, 0.2) is 0 Å². The first-order valence-corrected chi connectivity index (χ1v) is 8.56. The highest BCUT2D eigenvalue weighted by molar-refractivity contribution is 6.30. The normalized spacial score (nSPS) is 10.2. The van der Waals surface area contributed by atoms with Gasteiger partial charge in [-0.2, -0.15) is 0 Å². The van der Waals surface area contributed by atoms with Crippen LogP contribution < -0.4 is 14.8 Å². The highest BCUT2D eigenvalue weighted by Crippen LogP contribution is 2.17. The molecular formula is C21H18ClNO3. The second-order valence-electron chi connectivity index (χ2n) is 5.50. The molecule has 0 bridgehead atoms. The molecule has 0 radical (unpaired) electrons. The quantitative estimate of drug-likeness (QED) is 0.594. The van der Waals surface area contributed by atoms with Crippen molar-refractivity contribution in [2.45, 2.75) is 0 Å². The fourth-order valence-electron chi connectivity index (χ4n) is 2.27. The van der Waals surface area contributed by atoms with Gasteiger partial charge in [-0.15, -0.1) is 0 Å². The third-order valence-electron chi connectivity index (χ3n) is 3.58. The van der Waals surface area contributed by atoms with Crippen molar-refractivity contribution >= 4 is 23.2 Å². The van der Waals surface area contributed by atoms with Gasteiger partial charge in [0, 0.05) is 16.3 Å². The second-order valence-corrected chi connectivity index (χ2v) is 5.93. The molecule has 0 atom stereocenters. The van der Waals surface area contributed by atoms with Crippen LogP contribution in [0.2, 0.25) is 5.02 Å². The Morgan fingerprint density at radius 2 is 1.35 bits per heavy atom. The van der Waals surface area contributed by atoms with E-state index in [2.05, 4.69) is 5.32 Å². The summed E-state index contributed by atoms with van der Waals surface area (Å²) in [6.45, 7) is 0.893. The Balaban J connectivity index is 1.45. The minimum absolute atomic E-state index is 0.188. The van der Waals surface area contributed by atoms with E-state index in [-0.39, 0.29) is 5.91 Å². The molecule has 0 aromatic heterocycles. The van der Waals surface area contributed by atoms with Crippen LogP contribution in [0.15, 0.2) is 78.9 Å². The van der Waals surface area contributed by atoms with Crippen molar-refractivity contribution in [2.75, 3.05) is 18.5 Å². The number of anilines is 1. The van der Waals surface area contributed by atoms with Crippen LogP contribution in [0, 0.1) is 0 Å². The molecule has 1 amide bonds. The number of benzene rings is 3. The lowest BCUT2D eigenvalue weighted by Crippen LogP contribution is -2.12. The molecule has 3 aromatic rings. The van der Waals surface area contributed by atoms with Crippen molar-refractivity contribution in [2.24, 2.45) is 0 Å². The molecule has 0 heterocycles. The van der Waals surface area contributed by atoms with E-state index in [9.17, 15) is 4.79 Å². The van der Waals surface area contributed by atoms with Gasteiger partial charge in [-0.25, -0.2) is 0 Å². The highest BCUT2D eigenvalue weighted by atomic mass is 35.5. The number of rotatable bonds is 7. The van der Waals surface area contributed by atoms with Gasteiger partial charge >= 0.3 is 0 Å². The predicted octanol–water partition coefficient (Wildman–Crippen LogP) is 5.05. The lowest BCUT2D eigenvalue weighted by Gasteiger charge is -2.09. The number of amides is 1. The number of hydrogen-bond acceptors (Lipinski definition) is 3. The SMILES string of the molecule is O=C(Nc1ccc(OCCOc2ccccc2)cc1)c1ccc(Cl)cc1. The van der Waals surface area contributed by atoms with Crippen LogP contribution in [0.3, 0.4) is 0 Å². The highest BCUT2D eigenvalue weighted by Gasteiger charge is 2.06. The van der Waals surface area contributed by atoms with Crippen LogP contribution in [0.1, 0.15) is 10.4 Å². The van der Waals surface area contributed by atoms with E-state index in [0.29, 0.717) is 35.2 Å². The molecule has 0 saturated carbocycles. The topological polar surface area (TPSA) is 47.6 Å². The van der Waals surface area contributed by atoms with Crippen LogP contribution in [-0.4, -0.2) is 19.1 Å². The number of halogens is 1. The van der Waals surface area contributed by atoms with Crippen LogP contribution >= 0.6 is 11.6 Å². The molecule has 26 heavy (non-hydrogen) atoms. The molecule has 0 spiro atoms. The molecule has 0 aliphatic carbocycles. The molecule has 132 valence electrons. The van der Waals surface area contributed by atoms with Gasteiger partial charge in [-0.1, -0.05) is 29.8 Å². The summed E-state index contributed by atoms with van der Waals surface area (Å²) in [4.78, 5) is 12.2. The molecule has 0 aliphatic rings. The maximum atomic E-state index is 12.2. The Bertz CT molecular complexity index is 833. The minimum Gasteiger partial charge on any atom is -0.490 e. The van der Waals surface area contributed by atoms with E-state index < -0.39 is 0 Å². The molecule has 0 saturated heterocycles. The zero-order chi connectivity index (χ0) is 18.2. The summed E-state index contributed by atoms with van der Waals surface area (Å²) in [5, 5.41) is 3.43. The molecule has 3 aromatic carbocycles. The van der Waals surface area contributed by atoms with Crippen LogP contribution in [-0.2, 0) is 0 Å². The van der Waals surface area contributed by atoms with E-state index in [1.807, 2.05) is 30.3 Å². The third kappa shape index (κ3) is 5.26. The molecule has 0 aliphatic heterocycles. The molecule has 4 nitrogen and oxygen atoms in total. The summed E-state index contributed by atoms with van der Waals surface area (Å²) in [5.41, 5.74) is 1.24. The van der Waals surface area contributed by atoms with Crippen molar-refractivity contribution in [3.8, 4) is 11.5 Å².